The van der Waals surface area contributed by atoms with Crippen LogP contribution in [0.5, 0.6) is 0 Å². The SMILES string of the molecule is O=C(O)/C=C\C(=O)O.O=C([O-])/C=C\C(=O)O.[Na+]. The second-order valence-corrected chi connectivity index (χ2v) is 2.00. The standard InChI is InChI=1S/2C4H4O4.Na/c2*5-3(6)1-2-4(7)8;/h2*1-2H,(H,5,6)(H,7,8);/q;;+1/p-1/b2*2-1-;. The van der Waals surface area contributed by atoms with E-state index in [-0.39, 0.29) is 29.6 Å². The van der Waals surface area contributed by atoms with E-state index in [0.717, 1.165) is 0 Å². The zero-order valence-electron chi connectivity index (χ0n) is 8.69. The van der Waals surface area contributed by atoms with Gasteiger partial charge in [0.15, 0.2) is 0 Å². The van der Waals surface area contributed by atoms with Crippen LogP contribution in [0.3, 0.4) is 0 Å². The van der Waals surface area contributed by atoms with Crippen LogP contribution in [0.1, 0.15) is 0 Å². The third-order valence-corrected chi connectivity index (χ3v) is 0.730. The Morgan fingerprint density at radius 3 is 1.06 bits per heavy atom. The van der Waals surface area contributed by atoms with Crippen LogP contribution >= 0.6 is 0 Å². The Morgan fingerprint density at radius 1 is 0.706 bits per heavy atom. The van der Waals surface area contributed by atoms with Crippen LogP contribution in [0.4, 0.5) is 0 Å². The molecule has 88 valence electrons. The van der Waals surface area contributed by atoms with E-state index in [2.05, 4.69) is 0 Å². The summed E-state index contributed by atoms with van der Waals surface area (Å²) in [6.07, 6.45) is 2.06. The molecule has 0 spiro atoms. The van der Waals surface area contributed by atoms with Gasteiger partial charge in [-0.1, -0.05) is 0 Å². The first-order valence-corrected chi connectivity index (χ1v) is 3.51. The van der Waals surface area contributed by atoms with Crippen molar-refractivity contribution in [2.24, 2.45) is 0 Å². The molecule has 0 fully saturated rings. The molecule has 0 aliphatic rings. The van der Waals surface area contributed by atoms with Gasteiger partial charge in [0.05, 0.1) is 5.97 Å². The average Bonchev–Trinajstić information content (AvgIpc) is 2.12. The van der Waals surface area contributed by atoms with E-state index in [4.69, 9.17) is 15.3 Å². The van der Waals surface area contributed by atoms with E-state index in [1.54, 1.807) is 0 Å². The van der Waals surface area contributed by atoms with Crippen molar-refractivity contribution in [1.82, 2.24) is 0 Å². The molecule has 0 aliphatic carbocycles. The summed E-state index contributed by atoms with van der Waals surface area (Å²) in [5, 5.41) is 32.9. The first-order valence-electron chi connectivity index (χ1n) is 3.51. The summed E-state index contributed by atoms with van der Waals surface area (Å²) in [5.41, 5.74) is 0. The number of carbonyl (C=O) groups excluding carboxylic acids is 1. The predicted molar refractivity (Wildman–Crippen MR) is 46.2 cm³/mol. The van der Waals surface area contributed by atoms with Gasteiger partial charge in [0, 0.05) is 18.2 Å². The smallest absolute Gasteiger partial charge is 0.545 e. The minimum Gasteiger partial charge on any atom is -0.545 e. The van der Waals surface area contributed by atoms with Gasteiger partial charge in [-0.25, -0.2) is 14.4 Å². The molecule has 0 aromatic rings. The van der Waals surface area contributed by atoms with Crippen LogP contribution in [0.25, 0.3) is 0 Å². The molecule has 0 radical (unpaired) electrons. The van der Waals surface area contributed by atoms with E-state index < -0.39 is 23.9 Å². The molecule has 0 rings (SSSR count). The van der Waals surface area contributed by atoms with Crippen molar-refractivity contribution in [3.63, 3.8) is 0 Å². The normalized spacial score (nSPS) is 8.94. The maximum absolute atomic E-state index is 9.55. The topological polar surface area (TPSA) is 152 Å². The molecule has 0 aliphatic heterocycles. The molecule has 0 bridgehead atoms. The van der Waals surface area contributed by atoms with Crippen molar-refractivity contribution in [2.75, 3.05) is 0 Å². The average molecular weight is 254 g/mol. The van der Waals surface area contributed by atoms with E-state index >= 15 is 0 Å². The molecule has 0 atom stereocenters. The number of aliphatic carboxylic acids is 4. The van der Waals surface area contributed by atoms with E-state index in [0.29, 0.717) is 24.3 Å². The maximum atomic E-state index is 9.55. The van der Waals surface area contributed by atoms with Gasteiger partial charge in [-0.15, -0.1) is 0 Å². The van der Waals surface area contributed by atoms with E-state index in [1.165, 1.54) is 0 Å². The molecule has 17 heavy (non-hydrogen) atoms. The number of hydrogen-bond acceptors (Lipinski definition) is 5. The largest absolute Gasteiger partial charge is 1.00 e. The molecular formula is C8H7NaO8. The third kappa shape index (κ3) is 31.4. The van der Waals surface area contributed by atoms with Crippen LogP contribution in [0, 0.1) is 0 Å². The number of hydrogen-bond donors (Lipinski definition) is 3. The maximum Gasteiger partial charge on any atom is 1.00 e. The molecule has 0 aromatic heterocycles. The van der Waals surface area contributed by atoms with Gasteiger partial charge >= 0.3 is 47.5 Å². The number of carbonyl (C=O) groups is 4. The van der Waals surface area contributed by atoms with Gasteiger partial charge in [0.25, 0.3) is 0 Å². The van der Waals surface area contributed by atoms with Crippen LogP contribution < -0.4 is 34.7 Å². The summed E-state index contributed by atoms with van der Waals surface area (Å²) in [6.45, 7) is 0. The van der Waals surface area contributed by atoms with Crippen LogP contribution in [-0.2, 0) is 19.2 Å². The van der Waals surface area contributed by atoms with Crippen molar-refractivity contribution in [3.8, 4) is 0 Å². The molecule has 0 aromatic carbocycles. The van der Waals surface area contributed by atoms with Crippen molar-refractivity contribution in [2.45, 2.75) is 0 Å². The summed E-state index contributed by atoms with van der Waals surface area (Å²) in [5.74, 6) is -5.32. The molecule has 0 unspecified atom stereocenters. The Kier molecular flexibility index (Phi) is 15.2. The first-order chi connectivity index (χ1) is 7.25. The van der Waals surface area contributed by atoms with Crippen molar-refractivity contribution in [1.29, 1.82) is 0 Å². The predicted octanol–water partition coefficient (Wildman–Crippen LogP) is -4.91. The summed E-state index contributed by atoms with van der Waals surface area (Å²) in [4.78, 5) is 38.1. The van der Waals surface area contributed by atoms with Crippen molar-refractivity contribution in [3.05, 3.63) is 24.3 Å². The zero-order valence-corrected chi connectivity index (χ0v) is 10.7. The van der Waals surface area contributed by atoms with Gasteiger partial charge in [-0.3, -0.25) is 0 Å². The Hall–Kier alpha value is -1.64. The quantitative estimate of drug-likeness (QED) is 0.333. The molecule has 0 heterocycles. The Balaban J connectivity index is -0.000000218. The van der Waals surface area contributed by atoms with Crippen molar-refractivity contribution >= 4 is 23.9 Å². The molecule has 3 N–H and O–H groups in total. The zero-order chi connectivity index (χ0) is 13.1. The van der Waals surface area contributed by atoms with Crippen LogP contribution in [0.15, 0.2) is 24.3 Å². The van der Waals surface area contributed by atoms with E-state index in [9.17, 15) is 24.3 Å². The second-order valence-electron chi connectivity index (χ2n) is 2.00. The molecular weight excluding hydrogens is 247 g/mol. The number of carboxylic acids is 4. The third-order valence-electron chi connectivity index (χ3n) is 0.730. The van der Waals surface area contributed by atoms with Gasteiger partial charge in [0.1, 0.15) is 0 Å². The Labute approximate surface area is 117 Å². The van der Waals surface area contributed by atoms with Gasteiger partial charge in [-0.05, 0) is 6.08 Å². The molecule has 0 saturated heterocycles. The van der Waals surface area contributed by atoms with Crippen LogP contribution in [0.2, 0.25) is 0 Å². The molecule has 0 saturated carbocycles. The number of rotatable bonds is 4. The molecule has 9 heteroatoms. The van der Waals surface area contributed by atoms with Gasteiger partial charge in [0.2, 0.25) is 0 Å². The molecule has 8 nitrogen and oxygen atoms in total. The van der Waals surface area contributed by atoms with Crippen molar-refractivity contribution < 1.29 is 69.2 Å². The first kappa shape index (κ1) is 20.7. The fraction of sp³-hybridized carbons (Fsp3) is 0. The van der Waals surface area contributed by atoms with Gasteiger partial charge in [-0.2, -0.15) is 0 Å². The summed E-state index contributed by atoms with van der Waals surface area (Å²) < 4.78 is 0. The number of carboxylic acid groups (broad SMARTS) is 4. The fourth-order valence-electron chi connectivity index (χ4n) is 0.282. The Morgan fingerprint density at radius 2 is 0.941 bits per heavy atom. The van der Waals surface area contributed by atoms with Gasteiger partial charge < -0.3 is 25.2 Å². The minimum absolute atomic E-state index is 0. The summed E-state index contributed by atoms with van der Waals surface area (Å²) in [6, 6.07) is 0. The van der Waals surface area contributed by atoms with E-state index in [1.807, 2.05) is 0 Å². The summed E-state index contributed by atoms with van der Waals surface area (Å²) >= 11 is 0. The Bertz CT molecular complexity index is 277. The second kappa shape index (κ2) is 12.4. The molecule has 0 amide bonds. The summed E-state index contributed by atoms with van der Waals surface area (Å²) in [7, 11) is 0. The minimum atomic E-state index is -1.51. The monoisotopic (exact) mass is 254 g/mol. The fourth-order valence-corrected chi connectivity index (χ4v) is 0.282. The van der Waals surface area contributed by atoms with Crippen LogP contribution in [-0.4, -0.2) is 39.2 Å².